The summed E-state index contributed by atoms with van der Waals surface area (Å²) in [7, 11) is 2.17. The SMILES string of the molecule is CCCCCCCC(CN)N(C)Cc1ccncc1. The first-order valence-electron chi connectivity index (χ1n) is 7.57. The molecular formula is C16H29N3. The van der Waals surface area contributed by atoms with Gasteiger partial charge in [-0.05, 0) is 31.2 Å². The van der Waals surface area contributed by atoms with E-state index < -0.39 is 0 Å². The minimum atomic E-state index is 0.495. The molecule has 0 aromatic carbocycles. The standard InChI is InChI=1S/C16H29N3/c1-3-4-5-6-7-8-16(13-17)19(2)14-15-9-11-18-12-10-15/h9-12,16H,3-8,13-14,17H2,1-2H3. The fourth-order valence-electron chi connectivity index (χ4n) is 2.41. The Hall–Kier alpha value is -0.930. The molecule has 0 amide bonds. The quantitative estimate of drug-likeness (QED) is 0.659. The number of pyridine rings is 1. The largest absolute Gasteiger partial charge is 0.329 e. The summed E-state index contributed by atoms with van der Waals surface area (Å²) in [6.45, 7) is 3.96. The van der Waals surface area contributed by atoms with Gasteiger partial charge in [0.25, 0.3) is 0 Å². The third-order valence-electron chi connectivity index (χ3n) is 3.72. The molecule has 1 aromatic rings. The van der Waals surface area contributed by atoms with Gasteiger partial charge in [0, 0.05) is 31.5 Å². The van der Waals surface area contributed by atoms with Crippen LogP contribution >= 0.6 is 0 Å². The van der Waals surface area contributed by atoms with Gasteiger partial charge >= 0.3 is 0 Å². The van der Waals surface area contributed by atoms with Crippen LogP contribution in [0, 0.1) is 0 Å². The fraction of sp³-hybridized carbons (Fsp3) is 0.688. The zero-order chi connectivity index (χ0) is 13.9. The normalized spacial score (nSPS) is 12.8. The number of unbranched alkanes of at least 4 members (excludes halogenated alkanes) is 4. The number of nitrogens with zero attached hydrogens (tertiary/aromatic N) is 2. The van der Waals surface area contributed by atoms with Gasteiger partial charge in [-0.1, -0.05) is 39.0 Å². The van der Waals surface area contributed by atoms with E-state index in [-0.39, 0.29) is 0 Å². The summed E-state index contributed by atoms with van der Waals surface area (Å²) in [5.74, 6) is 0. The van der Waals surface area contributed by atoms with E-state index in [1.807, 2.05) is 12.4 Å². The molecular weight excluding hydrogens is 234 g/mol. The maximum Gasteiger partial charge on any atom is 0.0271 e. The summed E-state index contributed by atoms with van der Waals surface area (Å²) in [6, 6.07) is 4.64. The van der Waals surface area contributed by atoms with Crippen LogP contribution in [0.3, 0.4) is 0 Å². The van der Waals surface area contributed by atoms with Gasteiger partial charge < -0.3 is 5.73 Å². The van der Waals surface area contributed by atoms with Crippen molar-refractivity contribution in [3.05, 3.63) is 30.1 Å². The van der Waals surface area contributed by atoms with E-state index in [9.17, 15) is 0 Å². The lowest BCUT2D eigenvalue weighted by molar-refractivity contribution is 0.222. The van der Waals surface area contributed by atoms with Crippen LogP contribution in [0.25, 0.3) is 0 Å². The summed E-state index contributed by atoms with van der Waals surface area (Å²) in [5, 5.41) is 0. The van der Waals surface area contributed by atoms with Crippen molar-refractivity contribution in [3.63, 3.8) is 0 Å². The summed E-state index contributed by atoms with van der Waals surface area (Å²) >= 11 is 0. The Morgan fingerprint density at radius 3 is 2.47 bits per heavy atom. The van der Waals surface area contributed by atoms with Crippen LogP contribution in [0.15, 0.2) is 24.5 Å². The molecule has 0 aliphatic carbocycles. The van der Waals surface area contributed by atoms with E-state index in [2.05, 4.69) is 36.0 Å². The first-order chi connectivity index (χ1) is 9.27. The molecule has 0 fully saturated rings. The van der Waals surface area contributed by atoms with Gasteiger partial charge in [0.15, 0.2) is 0 Å². The van der Waals surface area contributed by atoms with Crippen molar-refractivity contribution in [2.24, 2.45) is 5.73 Å². The lowest BCUT2D eigenvalue weighted by atomic mass is 10.0. The van der Waals surface area contributed by atoms with Crippen molar-refractivity contribution >= 4 is 0 Å². The van der Waals surface area contributed by atoms with Crippen LogP contribution in [0.5, 0.6) is 0 Å². The molecule has 1 unspecified atom stereocenters. The van der Waals surface area contributed by atoms with Crippen LogP contribution in [-0.4, -0.2) is 29.5 Å². The highest BCUT2D eigenvalue weighted by Crippen LogP contribution is 2.12. The van der Waals surface area contributed by atoms with Gasteiger partial charge in [-0.15, -0.1) is 0 Å². The van der Waals surface area contributed by atoms with Crippen molar-refractivity contribution in [1.82, 2.24) is 9.88 Å². The van der Waals surface area contributed by atoms with Crippen molar-refractivity contribution in [1.29, 1.82) is 0 Å². The predicted octanol–water partition coefficient (Wildman–Crippen LogP) is 3.20. The first kappa shape index (κ1) is 16.1. The molecule has 1 rings (SSSR count). The van der Waals surface area contributed by atoms with Gasteiger partial charge in [-0.2, -0.15) is 0 Å². The zero-order valence-corrected chi connectivity index (χ0v) is 12.5. The maximum atomic E-state index is 5.91. The smallest absolute Gasteiger partial charge is 0.0271 e. The topological polar surface area (TPSA) is 42.1 Å². The Bertz CT molecular complexity index is 313. The van der Waals surface area contributed by atoms with Crippen molar-refractivity contribution in [2.75, 3.05) is 13.6 Å². The lowest BCUT2D eigenvalue weighted by Gasteiger charge is -2.27. The Morgan fingerprint density at radius 1 is 1.16 bits per heavy atom. The van der Waals surface area contributed by atoms with Crippen LogP contribution < -0.4 is 5.73 Å². The lowest BCUT2D eigenvalue weighted by Crippen LogP contribution is -2.37. The number of aromatic nitrogens is 1. The van der Waals surface area contributed by atoms with E-state index in [1.54, 1.807) is 0 Å². The Kier molecular flexibility index (Phi) is 8.43. The monoisotopic (exact) mass is 263 g/mol. The van der Waals surface area contributed by atoms with Gasteiger partial charge in [-0.25, -0.2) is 0 Å². The second-order valence-corrected chi connectivity index (χ2v) is 5.36. The molecule has 1 atom stereocenters. The Balaban J connectivity index is 2.29. The van der Waals surface area contributed by atoms with Crippen LogP contribution in [0.4, 0.5) is 0 Å². The molecule has 0 bridgehead atoms. The summed E-state index contributed by atoms with van der Waals surface area (Å²) in [4.78, 5) is 6.42. The van der Waals surface area contributed by atoms with E-state index in [1.165, 1.54) is 44.1 Å². The molecule has 2 N–H and O–H groups in total. The molecule has 0 aliphatic rings. The molecule has 0 saturated heterocycles. The van der Waals surface area contributed by atoms with Gasteiger partial charge in [0.2, 0.25) is 0 Å². The molecule has 3 nitrogen and oxygen atoms in total. The molecule has 0 aliphatic heterocycles. The molecule has 0 spiro atoms. The number of nitrogens with two attached hydrogens (primary N) is 1. The summed E-state index contributed by atoms with van der Waals surface area (Å²) in [5.41, 5.74) is 7.22. The number of likely N-dealkylation sites (N-methyl/N-ethyl adjacent to an activating group) is 1. The third-order valence-corrected chi connectivity index (χ3v) is 3.72. The number of hydrogen-bond acceptors (Lipinski definition) is 3. The zero-order valence-electron chi connectivity index (χ0n) is 12.5. The van der Waals surface area contributed by atoms with Crippen molar-refractivity contribution in [3.8, 4) is 0 Å². The minimum Gasteiger partial charge on any atom is -0.329 e. The molecule has 1 heterocycles. The van der Waals surface area contributed by atoms with E-state index in [4.69, 9.17) is 5.73 Å². The highest BCUT2D eigenvalue weighted by atomic mass is 15.1. The van der Waals surface area contributed by atoms with Gasteiger partial charge in [0.05, 0.1) is 0 Å². The molecule has 3 heteroatoms. The third kappa shape index (κ3) is 6.69. The highest BCUT2D eigenvalue weighted by molar-refractivity contribution is 5.09. The average Bonchev–Trinajstić information content (AvgIpc) is 2.44. The highest BCUT2D eigenvalue weighted by Gasteiger charge is 2.12. The second-order valence-electron chi connectivity index (χ2n) is 5.36. The average molecular weight is 263 g/mol. The van der Waals surface area contributed by atoms with E-state index in [0.29, 0.717) is 6.04 Å². The van der Waals surface area contributed by atoms with Crippen LogP contribution in [0.1, 0.15) is 51.0 Å². The first-order valence-corrected chi connectivity index (χ1v) is 7.57. The Morgan fingerprint density at radius 2 is 1.84 bits per heavy atom. The molecule has 1 aromatic heterocycles. The second kappa shape index (κ2) is 9.93. The van der Waals surface area contributed by atoms with Crippen molar-refractivity contribution < 1.29 is 0 Å². The van der Waals surface area contributed by atoms with E-state index in [0.717, 1.165) is 13.1 Å². The molecule has 19 heavy (non-hydrogen) atoms. The maximum absolute atomic E-state index is 5.91. The molecule has 0 saturated carbocycles. The number of hydrogen-bond donors (Lipinski definition) is 1. The summed E-state index contributed by atoms with van der Waals surface area (Å²) in [6.07, 6.45) is 11.6. The van der Waals surface area contributed by atoms with E-state index >= 15 is 0 Å². The van der Waals surface area contributed by atoms with Crippen LogP contribution in [-0.2, 0) is 6.54 Å². The minimum absolute atomic E-state index is 0.495. The predicted molar refractivity (Wildman–Crippen MR) is 81.9 cm³/mol. The van der Waals surface area contributed by atoms with Crippen LogP contribution in [0.2, 0.25) is 0 Å². The van der Waals surface area contributed by atoms with Gasteiger partial charge in [-0.3, -0.25) is 9.88 Å². The Labute approximate surface area is 118 Å². The summed E-state index contributed by atoms with van der Waals surface area (Å²) < 4.78 is 0. The molecule has 0 radical (unpaired) electrons. The van der Waals surface area contributed by atoms with Gasteiger partial charge in [0.1, 0.15) is 0 Å². The molecule has 108 valence electrons. The number of rotatable bonds is 10. The fourth-order valence-corrected chi connectivity index (χ4v) is 2.41. The van der Waals surface area contributed by atoms with Crippen molar-refractivity contribution in [2.45, 2.75) is 58.0 Å².